The Kier molecular flexibility index (Phi) is 20.8. The first-order chi connectivity index (χ1) is 29.8. The number of carbonyl (C=O) groups excluding carboxylic acids is 3. The van der Waals surface area contributed by atoms with Crippen LogP contribution in [0, 0.1) is 17.8 Å². The summed E-state index contributed by atoms with van der Waals surface area (Å²) in [5, 5.41) is 39.0. The molecule has 2 fully saturated rings. The summed E-state index contributed by atoms with van der Waals surface area (Å²) in [4.78, 5) is 41.1. The fraction of sp³-hybridized carbons (Fsp3) is 0.729. The van der Waals surface area contributed by atoms with Gasteiger partial charge in [0.15, 0.2) is 24.5 Å². The topological polar surface area (TPSA) is 192 Å². The maximum absolute atomic E-state index is 13.5. The van der Waals surface area contributed by atoms with Crippen molar-refractivity contribution in [3.8, 4) is 0 Å². The molecule has 3 aliphatic rings. The van der Waals surface area contributed by atoms with E-state index in [-0.39, 0.29) is 31.0 Å². The summed E-state index contributed by atoms with van der Waals surface area (Å²) in [6.45, 7) is 13.8. The van der Waals surface area contributed by atoms with E-state index in [9.17, 15) is 29.7 Å². The normalized spacial score (nSPS) is 36.4. The predicted molar refractivity (Wildman–Crippen MR) is 236 cm³/mol. The number of allylic oxidation sites excluding steroid dienone is 3. The highest BCUT2D eigenvalue weighted by Crippen LogP contribution is 2.37. The van der Waals surface area contributed by atoms with Gasteiger partial charge in [0.05, 0.1) is 36.9 Å². The van der Waals surface area contributed by atoms with Crippen molar-refractivity contribution in [3.63, 3.8) is 0 Å². The standard InChI is InChI=1S/C48H76N2O13/c1-29(2)25-38(53)61-46-33(6)59-40(28-48(46,7)56)62-43-32(5)60-47(42(55)41(43)50(8)9)63-44-35(22-24-49-23-21-34-18-14-12-15-19-34)26-30(3)36(51)20-16-11-13-17-31(4)58-39(54)27-37(52)45(44)57-10/h11-16,18-20,29-33,35,37,40-47,49,52,55-56H,17,21-28H2,1-10H3/t30-,31-,32-,33+,35+,37+,40+,41-,42-,43-,44+,45+,46+,47+,48-/m1/s1. The van der Waals surface area contributed by atoms with Gasteiger partial charge in [-0.1, -0.05) is 69.3 Å². The Bertz CT molecular complexity index is 1620. The second-order valence-corrected chi connectivity index (χ2v) is 18.6. The highest BCUT2D eigenvalue weighted by Gasteiger charge is 2.52. The van der Waals surface area contributed by atoms with Crippen LogP contribution in [0.25, 0.3) is 0 Å². The molecule has 15 atom stereocenters. The Hall–Kier alpha value is -3.09. The van der Waals surface area contributed by atoms with Crippen LogP contribution in [0.3, 0.4) is 0 Å². The molecule has 0 radical (unpaired) electrons. The summed E-state index contributed by atoms with van der Waals surface area (Å²) >= 11 is 0. The lowest BCUT2D eigenvalue weighted by Gasteiger charge is -2.50. The lowest BCUT2D eigenvalue weighted by Crippen LogP contribution is -2.66. The minimum Gasteiger partial charge on any atom is -0.462 e. The van der Waals surface area contributed by atoms with Crippen LogP contribution >= 0.6 is 0 Å². The van der Waals surface area contributed by atoms with E-state index in [0.29, 0.717) is 32.4 Å². The molecule has 1 aromatic rings. The maximum atomic E-state index is 13.5. The van der Waals surface area contributed by atoms with Gasteiger partial charge in [-0.25, -0.2) is 0 Å². The number of likely N-dealkylation sites (N-methyl/N-ethyl adjacent to an activating group) is 1. The Morgan fingerprint density at radius 1 is 0.968 bits per heavy atom. The SMILES string of the molecule is CO[C@@H]1[C@@H](O[C@@H]2O[C@H](C)[C@@H](O[C@H]3C[C@@](C)(O)[C@@H](OC(=O)CC(C)C)[C@H](C)O3)[C@H](N(C)C)[C@H]2O)[C@@H](CCNCCc2ccccc2)C[C@@H](C)C(=O)C=CC=CC[C@@H](C)OC(=O)C[C@@H]1O. The third-order valence-electron chi connectivity index (χ3n) is 12.2. The smallest absolute Gasteiger partial charge is 0.308 e. The number of ketones is 1. The lowest BCUT2D eigenvalue weighted by molar-refractivity contribution is -0.344. The van der Waals surface area contributed by atoms with Crippen molar-refractivity contribution in [2.45, 2.75) is 173 Å². The van der Waals surface area contributed by atoms with E-state index in [4.69, 9.17) is 33.2 Å². The first-order valence-electron chi connectivity index (χ1n) is 22.7. The average molecular weight is 889 g/mol. The van der Waals surface area contributed by atoms with Gasteiger partial charge in [-0.2, -0.15) is 0 Å². The van der Waals surface area contributed by atoms with Crippen LogP contribution in [0.4, 0.5) is 0 Å². The highest BCUT2D eigenvalue weighted by atomic mass is 16.7. The second kappa shape index (κ2) is 25.0. The molecular formula is C48H76N2O13. The molecule has 4 rings (SSSR count). The molecule has 15 nitrogen and oxygen atoms in total. The molecule has 15 heteroatoms. The molecule has 0 aromatic heterocycles. The van der Waals surface area contributed by atoms with Crippen LogP contribution in [-0.4, -0.2) is 151 Å². The Balaban J connectivity index is 1.62. The number of benzene rings is 1. The molecule has 1 aromatic carbocycles. The predicted octanol–water partition coefficient (Wildman–Crippen LogP) is 4.28. The first-order valence-corrected chi connectivity index (χ1v) is 22.7. The number of rotatable bonds is 15. The van der Waals surface area contributed by atoms with Crippen LogP contribution in [0.15, 0.2) is 54.6 Å². The van der Waals surface area contributed by atoms with Gasteiger partial charge in [-0.05, 0) is 97.6 Å². The van der Waals surface area contributed by atoms with Gasteiger partial charge in [-0.15, -0.1) is 0 Å². The lowest BCUT2D eigenvalue weighted by atomic mass is 9.82. The third-order valence-corrected chi connectivity index (χ3v) is 12.2. The first kappa shape index (κ1) is 52.5. The van der Waals surface area contributed by atoms with Gasteiger partial charge < -0.3 is 58.7 Å². The summed E-state index contributed by atoms with van der Waals surface area (Å²) in [7, 11) is 5.02. The van der Waals surface area contributed by atoms with Crippen molar-refractivity contribution in [1.29, 1.82) is 0 Å². The Morgan fingerprint density at radius 3 is 2.33 bits per heavy atom. The molecule has 356 valence electrons. The molecule has 0 aliphatic carbocycles. The molecule has 0 bridgehead atoms. The van der Waals surface area contributed by atoms with Crippen molar-refractivity contribution in [2.24, 2.45) is 17.8 Å². The zero-order chi connectivity index (χ0) is 46.4. The Labute approximate surface area is 374 Å². The van der Waals surface area contributed by atoms with Crippen molar-refractivity contribution in [1.82, 2.24) is 10.2 Å². The fourth-order valence-electron chi connectivity index (χ4n) is 8.89. The van der Waals surface area contributed by atoms with Gasteiger partial charge in [0.25, 0.3) is 0 Å². The number of cyclic esters (lactones) is 1. The summed E-state index contributed by atoms with van der Waals surface area (Å²) in [6, 6.07) is 9.40. The minimum absolute atomic E-state index is 0.0174. The molecule has 3 heterocycles. The second-order valence-electron chi connectivity index (χ2n) is 18.6. The quantitative estimate of drug-likeness (QED) is 0.144. The summed E-state index contributed by atoms with van der Waals surface area (Å²) < 4.78 is 43.4. The highest BCUT2D eigenvalue weighted by molar-refractivity contribution is 5.91. The van der Waals surface area contributed by atoms with Gasteiger partial charge in [-0.3, -0.25) is 14.4 Å². The zero-order valence-corrected chi connectivity index (χ0v) is 39.1. The average Bonchev–Trinajstić information content (AvgIpc) is 3.19. The number of methoxy groups -OCH3 is 1. The molecule has 0 saturated carbocycles. The summed E-state index contributed by atoms with van der Waals surface area (Å²) in [5.74, 6) is -1.94. The number of carbonyl (C=O) groups is 3. The number of ether oxygens (including phenoxy) is 7. The monoisotopic (exact) mass is 889 g/mol. The molecule has 4 N–H and O–H groups in total. The van der Waals surface area contributed by atoms with E-state index in [2.05, 4.69) is 17.4 Å². The van der Waals surface area contributed by atoms with Crippen molar-refractivity contribution >= 4 is 17.7 Å². The van der Waals surface area contributed by atoms with E-state index >= 15 is 0 Å². The molecule has 0 unspecified atom stereocenters. The van der Waals surface area contributed by atoms with Crippen molar-refractivity contribution in [3.05, 3.63) is 60.2 Å². The zero-order valence-electron chi connectivity index (χ0n) is 39.1. The molecule has 0 spiro atoms. The van der Waals surface area contributed by atoms with Gasteiger partial charge in [0, 0.05) is 32.3 Å². The number of hydrogen-bond donors (Lipinski definition) is 4. The van der Waals surface area contributed by atoms with Crippen LogP contribution in [0.2, 0.25) is 0 Å². The van der Waals surface area contributed by atoms with E-state index < -0.39 is 103 Å². The molecule has 63 heavy (non-hydrogen) atoms. The minimum atomic E-state index is -1.48. The Morgan fingerprint density at radius 2 is 1.68 bits per heavy atom. The van der Waals surface area contributed by atoms with E-state index in [0.717, 1.165) is 6.42 Å². The van der Waals surface area contributed by atoms with Crippen LogP contribution < -0.4 is 5.32 Å². The fourth-order valence-corrected chi connectivity index (χ4v) is 8.89. The van der Waals surface area contributed by atoms with Gasteiger partial charge in [0.1, 0.15) is 30.0 Å². The van der Waals surface area contributed by atoms with Crippen LogP contribution in [0.1, 0.15) is 92.6 Å². The van der Waals surface area contributed by atoms with Gasteiger partial charge in [0.2, 0.25) is 0 Å². The third kappa shape index (κ3) is 15.8. The number of hydrogen-bond acceptors (Lipinski definition) is 15. The van der Waals surface area contributed by atoms with E-state index in [1.807, 2.05) is 45.0 Å². The van der Waals surface area contributed by atoms with Gasteiger partial charge >= 0.3 is 11.9 Å². The number of aliphatic hydroxyl groups is 3. The van der Waals surface area contributed by atoms with Crippen molar-refractivity contribution < 1.29 is 62.9 Å². The largest absolute Gasteiger partial charge is 0.462 e. The molecule has 3 aliphatic heterocycles. The van der Waals surface area contributed by atoms with Crippen LogP contribution in [0.5, 0.6) is 0 Å². The summed E-state index contributed by atoms with van der Waals surface area (Å²) in [5.41, 5.74) is -0.288. The van der Waals surface area contributed by atoms with Crippen LogP contribution in [-0.2, 0) is 54.0 Å². The molecule has 2 saturated heterocycles. The number of nitrogens with one attached hydrogen (secondary N) is 1. The molecular weight excluding hydrogens is 813 g/mol. The molecule has 0 amide bonds. The van der Waals surface area contributed by atoms with E-state index in [1.54, 1.807) is 58.8 Å². The van der Waals surface area contributed by atoms with Crippen molar-refractivity contribution in [2.75, 3.05) is 34.3 Å². The number of aliphatic hydroxyl groups excluding tert-OH is 2. The summed E-state index contributed by atoms with van der Waals surface area (Å²) in [6.07, 6.45) is -1.98. The number of esters is 2. The maximum Gasteiger partial charge on any atom is 0.308 e. The van der Waals surface area contributed by atoms with E-state index in [1.165, 1.54) is 18.7 Å². The number of nitrogens with zero attached hydrogens (tertiary/aromatic N) is 1.